The molecule has 0 spiro atoms. The molecule has 0 bridgehead atoms. The number of rotatable bonds is 12. The molecule has 1 fully saturated rings. The average molecular weight is 607 g/mol. The summed E-state index contributed by atoms with van der Waals surface area (Å²) in [5.41, 5.74) is 2.12. The second kappa shape index (κ2) is 13.3. The minimum atomic E-state index is -4.04. The van der Waals surface area contributed by atoms with Crippen LogP contribution in [0, 0.1) is 0 Å². The van der Waals surface area contributed by atoms with Crippen LogP contribution in [0.3, 0.4) is 0 Å². The Morgan fingerprint density at radius 3 is 2.40 bits per heavy atom. The van der Waals surface area contributed by atoms with E-state index in [2.05, 4.69) is 5.32 Å². The minimum Gasteiger partial charge on any atom is -0.497 e. The van der Waals surface area contributed by atoms with Crippen molar-refractivity contribution in [2.75, 3.05) is 46.3 Å². The number of sulfonamides is 1. The predicted octanol–water partition coefficient (Wildman–Crippen LogP) is 4.37. The van der Waals surface area contributed by atoms with Crippen LogP contribution < -0.4 is 19.5 Å². The molecule has 1 atom stereocenters. The third-order valence-electron chi connectivity index (χ3n) is 7.12. The topological polar surface area (TPSA) is 121 Å². The molecule has 0 unspecified atom stereocenters. The van der Waals surface area contributed by atoms with Crippen LogP contribution in [0.15, 0.2) is 83.9 Å². The van der Waals surface area contributed by atoms with E-state index in [4.69, 9.17) is 23.9 Å². The number of hydrogen-bond acceptors (Lipinski definition) is 8. The Balaban J connectivity index is 1.46. The van der Waals surface area contributed by atoms with E-state index >= 15 is 0 Å². The highest BCUT2D eigenvalue weighted by Crippen LogP contribution is 2.32. The van der Waals surface area contributed by atoms with Crippen LogP contribution in [0.25, 0.3) is 16.9 Å². The van der Waals surface area contributed by atoms with Crippen molar-refractivity contribution < 1.29 is 32.2 Å². The number of ether oxygens (including phenoxy) is 4. The van der Waals surface area contributed by atoms with E-state index in [1.807, 2.05) is 36.4 Å². The van der Waals surface area contributed by atoms with Crippen molar-refractivity contribution in [1.82, 2.24) is 13.9 Å². The van der Waals surface area contributed by atoms with Gasteiger partial charge in [0.15, 0.2) is 11.5 Å². The highest BCUT2D eigenvalue weighted by Gasteiger charge is 2.31. The highest BCUT2D eigenvalue weighted by molar-refractivity contribution is 7.89. The maximum Gasteiger partial charge on any atom is 0.243 e. The van der Waals surface area contributed by atoms with Gasteiger partial charge in [-0.2, -0.15) is 4.31 Å². The Morgan fingerprint density at radius 1 is 1.00 bits per heavy atom. The van der Waals surface area contributed by atoms with E-state index in [1.165, 1.54) is 19.2 Å². The lowest BCUT2D eigenvalue weighted by Gasteiger charge is -2.24. The summed E-state index contributed by atoms with van der Waals surface area (Å²) >= 11 is 0. The summed E-state index contributed by atoms with van der Waals surface area (Å²) in [5.74, 6) is 1.24. The second-order valence-electron chi connectivity index (χ2n) is 9.88. The predicted molar refractivity (Wildman–Crippen MR) is 161 cm³/mol. The molecular formula is C31H34N4O7S. The number of carbonyl (C=O) groups is 1. The molecule has 1 saturated heterocycles. The summed E-state index contributed by atoms with van der Waals surface area (Å²) in [6.45, 7) is 0.160. The van der Waals surface area contributed by atoms with Gasteiger partial charge in [-0.3, -0.25) is 14.7 Å². The first-order valence-corrected chi connectivity index (χ1v) is 15.2. The number of aromatic nitrogens is 2. The standard InChI is InChI=1S/C31H34N4O7S/c1-39-24-12-14-26(15-13-24)43(37,38)34(19-25-10-7-17-42-25)21-30(36)33-31-32-27(22-8-5-4-6-9-22)20-35(31)23-11-16-28(40-2)29(18-23)41-3/h4-6,8-9,11-16,18,20,25H,7,10,17,19,21H2,1-3H3,(H,32,33,36)/t25-/m1/s1. The van der Waals surface area contributed by atoms with Gasteiger partial charge < -0.3 is 18.9 Å². The van der Waals surface area contributed by atoms with Crippen molar-refractivity contribution in [1.29, 1.82) is 0 Å². The van der Waals surface area contributed by atoms with Crippen molar-refractivity contribution in [2.24, 2.45) is 0 Å². The molecule has 0 radical (unpaired) electrons. The third-order valence-corrected chi connectivity index (χ3v) is 8.95. The van der Waals surface area contributed by atoms with Crippen LogP contribution in [0.4, 0.5) is 5.95 Å². The van der Waals surface area contributed by atoms with Crippen LogP contribution in [-0.4, -0.2) is 75.3 Å². The van der Waals surface area contributed by atoms with E-state index in [0.717, 1.165) is 16.3 Å². The second-order valence-corrected chi connectivity index (χ2v) is 11.8. The number of amides is 1. The van der Waals surface area contributed by atoms with E-state index in [1.54, 1.807) is 49.2 Å². The van der Waals surface area contributed by atoms with Gasteiger partial charge in [0.1, 0.15) is 5.75 Å². The zero-order chi connectivity index (χ0) is 30.4. The summed E-state index contributed by atoms with van der Waals surface area (Å²) in [5, 5.41) is 2.84. The van der Waals surface area contributed by atoms with Crippen molar-refractivity contribution in [3.05, 3.63) is 79.0 Å². The molecule has 3 aromatic carbocycles. The van der Waals surface area contributed by atoms with E-state index in [-0.39, 0.29) is 23.5 Å². The smallest absolute Gasteiger partial charge is 0.243 e. The molecule has 11 nitrogen and oxygen atoms in total. The Bertz CT molecular complexity index is 1650. The van der Waals surface area contributed by atoms with E-state index < -0.39 is 22.5 Å². The molecule has 43 heavy (non-hydrogen) atoms. The summed E-state index contributed by atoms with van der Waals surface area (Å²) in [7, 11) is 0.561. The Kier molecular flexibility index (Phi) is 9.29. The number of imidazole rings is 1. The number of carbonyl (C=O) groups excluding carboxylic acids is 1. The number of benzene rings is 3. The van der Waals surface area contributed by atoms with Crippen LogP contribution in [-0.2, 0) is 19.6 Å². The van der Waals surface area contributed by atoms with Crippen molar-refractivity contribution in [3.8, 4) is 34.2 Å². The average Bonchev–Trinajstić information content (AvgIpc) is 3.71. The zero-order valence-electron chi connectivity index (χ0n) is 24.2. The molecule has 1 aromatic heterocycles. The van der Waals surface area contributed by atoms with Gasteiger partial charge in [0.05, 0.1) is 50.3 Å². The molecule has 2 heterocycles. The zero-order valence-corrected chi connectivity index (χ0v) is 25.0. The van der Waals surface area contributed by atoms with Gasteiger partial charge in [-0.05, 0) is 49.2 Å². The van der Waals surface area contributed by atoms with Crippen LogP contribution in [0.5, 0.6) is 17.2 Å². The number of nitrogens with one attached hydrogen (secondary N) is 1. The fourth-order valence-corrected chi connectivity index (χ4v) is 6.30. The van der Waals surface area contributed by atoms with Gasteiger partial charge >= 0.3 is 0 Å². The molecular weight excluding hydrogens is 572 g/mol. The van der Waals surface area contributed by atoms with E-state index in [0.29, 0.717) is 41.7 Å². The van der Waals surface area contributed by atoms with Gasteiger partial charge in [0, 0.05) is 31.0 Å². The quantitative estimate of drug-likeness (QED) is 0.252. The summed E-state index contributed by atoms with van der Waals surface area (Å²) in [6, 6.07) is 20.9. The number of hydrogen-bond donors (Lipinski definition) is 1. The highest BCUT2D eigenvalue weighted by atomic mass is 32.2. The van der Waals surface area contributed by atoms with Crippen LogP contribution >= 0.6 is 0 Å². The molecule has 1 aliphatic heterocycles. The fraction of sp³-hybridized carbons (Fsp3) is 0.290. The normalized spacial score (nSPS) is 14.9. The first kappa shape index (κ1) is 30.1. The van der Waals surface area contributed by atoms with Crippen LogP contribution in [0.1, 0.15) is 12.8 Å². The first-order chi connectivity index (χ1) is 20.8. The van der Waals surface area contributed by atoms with Gasteiger partial charge in [-0.15, -0.1) is 0 Å². The maximum absolute atomic E-state index is 13.7. The molecule has 12 heteroatoms. The molecule has 0 aliphatic carbocycles. The Hall–Kier alpha value is -4.39. The summed E-state index contributed by atoms with van der Waals surface area (Å²) in [6.07, 6.45) is 3.03. The molecule has 1 N–H and O–H groups in total. The lowest BCUT2D eigenvalue weighted by Crippen LogP contribution is -2.42. The number of nitrogens with zero attached hydrogens (tertiary/aromatic N) is 3. The van der Waals surface area contributed by atoms with Gasteiger partial charge in [-0.25, -0.2) is 13.4 Å². The minimum absolute atomic E-state index is 0.0428. The van der Waals surface area contributed by atoms with Crippen molar-refractivity contribution >= 4 is 21.9 Å². The molecule has 4 aromatic rings. The monoisotopic (exact) mass is 606 g/mol. The van der Waals surface area contributed by atoms with E-state index in [9.17, 15) is 13.2 Å². The molecule has 0 saturated carbocycles. The van der Waals surface area contributed by atoms with Crippen molar-refractivity contribution in [2.45, 2.75) is 23.8 Å². The first-order valence-electron chi connectivity index (χ1n) is 13.7. The fourth-order valence-electron chi connectivity index (χ4n) is 4.87. The molecule has 226 valence electrons. The van der Waals surface area contributed by atoms with Gasteiger partial charge in [-0.1, -0.05) is 30.3 Å². The SMILES string of the molecule is COc1ccc(S(=O)(=O)N(CC(=O)Nc2nc(-c3ccccc3)cn2-c2ccc(OC)c(OC)c2)C[C@H]2CCCO2)cc1. The van der Waals surface area contributed by atoms with Crippen molar-refractivity contribution in [3.63, 3.8) is 0 Å². The molecule has 5 rings (SSSR count). The summed E-state index contributed by atoms with van der Waals surface area (Å²) in [4.78, 5) is 18.3. The Morgan fingerprint density at radius 2 is 1.74 bits per heavy atom. The van der Waals surface area contributed by atoms with Gasteiger partial charge in [0.25, 0.3) is 0 Å². The number of methoxy groups -OCH3 is 3. The maximum atomic E-state index is 13.7. The molecule has 1 aliphatic rings. The lowest BCUT2D eigenvalue weighted by atomic mass is 10.2. The largest absolute Gasteiger partial charge is 0.497 e. The summed E-state index contributed by atoms with van der Waals surface area (Å²) < 4.78 is 52.1. The molecule has 1 amide bonds. The Labute approximate surface area is 251 Å². The third kappa shape index (κ3) is 6.82. The van der Waals surface area contributed by atoms with Gasteiger partial charge in [0.2, 0.25) is 21.9 Å². The number of anilines is 1. The lowest BCUT2D eigenvalue weighted by molar-refractivity contribution is -0.116. The van der Waals surface area contributed by atoms with Crippen LogP contribution in [0.2, 0.25) is 0 Å².